The first-order valence-corrected chi connectivity index (χ1v) is 6.29. The highest BCUT2D eigenvalue weighted by Gasteiger charge is 2.26. The van der Waals surface area contributed by atoms with Gasteiger partial charge < -0.3 is 4.74 Å². The SMILES string of the molecule is Cc1nc(Cl)c2c(n1)C(c1ccccc1)COC2. The Morgan fingerprint density at radius 2 is 2.00 bits per heavy atom. The molecule has 1 atom stereocenters. The van der Waals surface area contributed by atoms with Crippen LogP contribution in [0, 0.1) is 6.92 Å². The summed E-state index contributed by atoms with van der Waals surface area (Å²) < 4.78 is 5.62. The lowest BCUT2D eigenvalue weighted by Gasteiger charge is -2.25. The Kier molecular flexibility index (Phi) is 3.02. The Morgan fingerprint density at radius 3 is 2.78 bits per heavy atom. The molecule has 0 bridgehead atoms. The summed E-state index contributed by atoms with van der Waals surface area (Å²) in [7, 11) is 0. The quantitative estimate of drug-likeness (QED) is 0.739. The second-order valence-electron chi connectivity index (χ2n) is 4.40. The Morgan fingerprint density at radius 1 is 1.22 bits per heavy atom. The van der Waals surface area contributed by atoms with Crippen molar-refractivity contribution in [1.82, 2.24) is 9.97 Å². The first-order valence-electron chi connectivity index (χ1n) is 5.91. The molecule has 0 spiro atoms. The van der Waals surface area contributed by atoms with E-state index in [0.29, 0.717) is 24.2 Å². The van der Waals surface area contributed by atoms with Gasteiger partial charge in [-0.25, -0.2) is 9.97 Å². The molecule has 2 heterocycles. The maximum absolute atomic E-state index is 6.17. The van der Waals surface area contributed by atoms with Crippen LogP contribution in [-0.4, -0.2) is 16.6 Å². The van der Waals surface area contributed by atoms with Gasteiger partial charge in [-0.1, -0.05) is 41.9 Å². The van der Waals surface area contributed by atoms with Gasteiger partial charge in [0.05, 0.1) is 24.8 Å². The van der Waals surface area contributed by atoms with Crippen LogP contribution in [0.4, 0.5) is 0 Å². The van der Waals surface area contributed by atoms with Gasteiger partial charge in [0.25, 0.3) is 0 Å². The number of nitrogens with zero attached hydrogens (tertiary/aromatic N) is 2. The molecular weight excluding hydrogens is 248 g/mol. The third kappa shape index (κ3) is 2.00. The Bertz CT molecular complexity index is 572. The van der Waals surface area contributed by atoms with Crippen LogP contribution in [0.15, 0.2) is 30.3 Å². The van der Waals surface area contributed by atoms with Gasteiger partial charge in [0.15, 0.2) is 0 Å². The van der Waals surface area contributed by atoms with Crippen molar-refractivity contribution in [3.63, 3.8) is 0 Å². The minimum absolute atomic E-state index is 0.147. The number of aromatic nitrogens is 2. The lowest BCUT2D eigenvalue weighted by molar-refractivity contribution is 0.0972. The molecule has 92 valence electrons. The highest BCUT2D eigenvalue weighted by molar-refractivity contribution is 6.30. The summed E-state index contributed by atoms with van der Waals surface area (Å²) >= 11 is 6.17. The van der Waals surface area contributed by atoms with Crippen molar-refractivity contribution in [2.24, 2.45) is 0 Å². The maximum Gasteiger partial charge on any atom is 0.138 e. The van der Waals surface area contributed by atoms with Crippen molar-refractivity contribution in [3.05, 3.63) is 58.1 Å². The number of benzene rings is 1. The molecule has 0 fully saturated rings. The first-order chi connectivity index (χ1) is 8.75. The van der Waals surface area contributed by atoms with E-state index in [0.717, 1.165) is 11.3 Å². The van der Waals surface area contributed by atoms with E-state index in [9.17, 15) is 0 Å². The number of rotatable bonds is 1. The average molecular weight is 261 g/mol. The van der Waals surface area contributed by atoms with Gasteiger partial charge in [-0.05, 0) is 12.5 Å². The monoisotopic (exact) mass is 260 g/mol. The molecule has 0 amide bonds. The summed E-state index contributed by atoms with van der Waals surface area (Å²) in [5.74, 6) is 0.857. The van der Waals surface area contributed by atoms with Crippen LogP contribution in [-0.2, 0) is 11.3 Å². The third-order valence-electron chi connectivity index (χ3n) is 3.16. The highest BCUT2D eigenvalue weighted by Crippen LogP contribution is 2.33. The smallest absolute Gasteiger partial charge is 0.138 e. The molecule has 3 rings (SSSR count). The van der Waals surface area contributed by atoms with Crippen LogP contribution in [0.2, 0.25) is 5.15 Å². The summed E-state index contributed by atoms with van der Waals surface area (Å²) in [6.07, 6.45) is 0. The van der Waals surface area contributed by atoms with Gasteiger partial charge in [-0.2, -0.15) is 0 Å². The van der Waals surface area contributed by atoms with E-state index in [2.05, 4.69) is 22.1 Å². The molecular formula is C14H13ClN2O. The predicted molar refractivity (Wildman–Crippen MR) is 69.7 cm³/mol. The maximum atomic E-state index is 6.17. The van der Waals surface area contributed by atoms with Crippen LogP contribution >= 0.6 is 11.6 Å². The van der Waals surface area contributed by atoms with Crippen LogP contribution in [0.5, 0.6) is 0 Å². The number of hydrogen-bond donors (Lipinski definition) is 0. The molecule has 1 aromatic heterocycles. The minimum atomic E-state index is 0.147. The van der Waals surface area contributed by atoms with E-state index < -0.39 is 0 Å². The molecule has 1 aromatic carbocycles. The molecule has 1 aliphatic rings. The predicted octanol–water partition coefficient (Wildman–Crippen LogP) is 3.10. The molecule has 0 N–H and O–H groups in total. The highest BCUT2D eigenvalue weighted by atomic mass is 35.5. The number of fused-ring (bicyclic) bond motifs is 1. The number of ether oxygens (including phenoxy) is 1. The van der Waals surface area contributed by atoms with Crippen LogP contribution in [0.1, 0.15) is 28.6 Å². The van der Waals surface area contributed by atoms with E-state index in [1.807, 2.05) is 25.1 Å². The summed E-state index contributed by atoms with van der Waals surface area (Å²) in [6.45, 7) is 3.01. The molecule has 0 radical (unpaired) electrons. The Balaban J connectivity index is 2.12. The summed E-state index contributed by atoms with van der Waals surface area (Å²) in [5.41, 5.74) is 3.12. The van der Waals surface area contributed by atoms with Gasteiger partial charge in [-0.15, -0.1) is 0 Å². The Hall–Kier alpha value is -1.45. The van der Waals surface area contributed by atoms with Crippen molar-refractivity contribution in [1.29, 1.82) is 0 Å². The van der Waals surface area contributed by atoms with Crippen molar-refractivity contribution in [2.75, 3.05) is 6.61 Å². The number of hydrogen-bond acceptors (Lipinski definition) is 3. The van der Waals surface area contributed by atoms with E-state index in [1.54, 1.807) is 0 Å². The van der Waals surface area contributed by atoms with E-state index in [1.165, 1.54) is 5.56 Å². The molecule has 0 saturated carbocycles. The fourth-order valence-electron chi connectivity index (χ4n) is 2.30. The summed E-state index contributed by atoms with van der Waals surface area (Å²) in [5, 5.41) is 0.512. The zero-order valence-electron chi connectivity index (χ0n) is 10.1. The fourth-order valence-corrected chi connectivity index (χ4v) is 2.57. The van der Waals surface area contributed by atoms with Crippen molar-refractivity contribution >= 4 is 11.6 Å². The molecule has 0 saturated heterocycles. The second kappa shape index (κ2) is 4.67. The van der Waals surface area contributed by atoms with Crippen molar-refractivity contribution in [2.45, 2.75) is 19.4 Å². The second-order valence-corrected chi connectivity index (χ2v) is 4.76. The molecule has 3 nitrogen and oxygen atoms in total. The summed E-state index contributed by atoms with van der Waals surface area (Å²) in [4.78, 5) is 8.75. The van der Waals surface area contributed by atoms with Crippen LogP contribution < -0.4 is 0 Å². The van der Waals surface area contributed by atoms with E-state index >= 15 is 0 Å². The van der Waals surface area contributed by atoms with E-state index in [4.69, 9.17) is 16.3 Å². The van der Waals surface area contributed by atoms with Crippen molar-refractivity contribution in [3.8, 4) is 0 Å². The largest absolute Gasteiger partial charge is 0.376 e. The Labute approximate surface area is 111 Å². The van der Waals surface area contributed by atoms with Gasteiger partial charge in [-0.3, -0.25) is 0 Å². The first kappa shape index (κ1) is 11.6. The topological polar surface area (TPSA) is 35.0 Å². The van der Waals surface area contributed by atoms with Gasteiger partial charge in [0.2, 0.25) is 0 Å². The molecule has 1 unspecified atom stereocenters. The molecule has 0 aliphatic carbocycles. The zero-order chi connectivity index (χ0) is 12.5. The minimum Gasteiger partial charge on any atom is -0.376 e. The standard InChI is InChI=1S/C14H13ClN2O/c1-9-16-13-11(10-5-3-2-4-6-10)7-18-8-12(13)14(15)17-9/h2-6,11H,7-8H2,1H3. The van der Waals surface area contributed by atoms with Gasteiger partial charge in [0, 0.05) is 5.56 Å². The number of aryl methyl sites for hydroxylation is 1. The van der Waals surface area contributed by atoms with Crippen molar-refractivity contribution < 1.29 is 4.74 Å². The van der Waals surface area contributed by atoms with Crippen LogP contribution in [0.25, 0.3) is 0 Å². The average Bonchev–Trinajstić information content (AvgIpc) is 2.39. The summed E-state index contributed by atoms with van der Waals surface area (Å²) in [6, 6.07) is 10.2. The van der Waals surface area contributed by atoms with Crippen LogP contribution in [0.3, 0.4) is 0 Å². The normalized spacial score (nSPS) is 18.4. The lowest BCUT2D eigenvalue weighted by Crippen LogP contribution is -2.21. The van der Waals surface area contributed by atoms with Gasteiger partial charge >= 0.3 is 0 Å². The lowest BCUT2D eigenvalue weighted by atomic mass is 9.92. The molecule has 2 aromatic rings. The van der Waals surface area contributed by atoms with Gasteiger partial charge in [0.1, 0.15) is 11.0 Å². The third-order valence-corrected chi connectivity index (χ3v) is 3.48. The molecule has 18 heavy (non-hydrogen) atoms. The van der Waals surface area contributed by atoms with E-state index in [-0.39, 0.29) is 5.92 Å². The fraction of sp³-hybridized carbons (Fsp3) is 0.286. The molecule has 1 aliphatic heterocycles. The zero-order valence-corrected chi connectivity index (χ0v) is 10.8. The number of halogens is 1. The molecule has 4 heteroatoms.